The number of carbonyl (C=O) groups is 1. The van der Waals surface area contributed by atoms with E-state index in [1.54, 1.807) is 6.20 Å². The van der Waals surface area contributed by atoms with Crippen molar-refractivity contribution in [3.05, 3.63) is 18.3 Å². The Bertz CT molecular complexity index is 399. The summed E-state index contributed by atoms with van der Waals surface area (Å²) in [6.45, 7) is 1.75. The number of carbonyl (C=O) groups excluding carboxylic acids is 1. The lowest BCUT2D eigenvalue weighted by Gasteiger charge is -2.32. The van der Waals surface area contributed by atoms with E-state index in [1.807, 2.05) is 19.2 Å². The van der Waals surface area contributed by atoms with Gasteiger partial charge in [-0.3, -0.25) is 4.79 Å². The number of nitrogens with two attached hydrogens (primary N) is 1. The topological polar surface area (TPSA) is 71.2 Å². The van der Waals surface area contributed by atoms with Crippen molar-refractivity contribution in [1.82, 2.24) is 4.98 Å². The molecule has 2 rings (SSSR count). The molecule has 1 aliphatic heterocycles. The van der Waals surface area contributed by atoms with Gasteiger partial charge in [-0.25, -0.2) is 4.98 Å². The van der Waals surface area contributed by atoms with Crippen molar-refractivity contribution in [2.75, 3.05) is 30.4 Å². The van der Waals surface area contributed by atoms with Crippen LogP contribution in [-0.4, -0.2) is 31.0 Å². The number of pyridine rings is 1. The van der Waals surface area contributed by atoms with Gasteiger partial charge in [0.1, 0.15) is 5.82 Å². The van der Waals surface area contributed by atoms with Gasteiger partial charge in [0.05, 0.1) is 0 Å². The fraction of sp³-hybridized carbons (Fsp3) is 0.500. The van der Waals surface area contributed by atoms with Gasteiger partial charge in [-0.2, -0.15) is 0 Å². The first kappa shape index (κ1) is 11.7. The number of hydrogen-bond donors (Lipinski definition) is 2. The van der Waals surface area contributed by atoms with Crippen LogP contribution in [0.3, 0.4) is 0 Å². The quantitative estimate of drug-likeness (QED) is 0.812. The molecule has 1 aromatic rings. The van der Waals surface area contributed by atoms with Crippen molar-refractivity contribution in [3.63, 3.8) is 0 Å². The molecule has 1 saturated heterocycles. The summed E-state index contributed by atoms with van der Waals surface area (Å²) in [4.78, 5) is 17.5. The SMILES string of the molecule is CNc1cc(N2CCC(C(N)=O)CC2)ccn1. The maximum Gasteiger partial charge on any atom is 0.220 e. The summed E-state index contributed by atoms with van der Waals surface area (Å²) in [6, 6.07) is 4.01. The van der Waals surface area contributed by atoms with Crippen LogP contribution in [0, 0.1) is 5.92 Å². The maximum absolute atomic E-state index is 11.1. The molecule has 1 amide bonds. The predicted molar refractivity (Wildman–Crippen MR) is 67.9 cm³/mol. The highest BCUT2D eigenvalue weighted by atomic mass is 16.1. The van der Waals surface area contributed by atoms with Crippen molar-refractivity contribution in [3.8, 4) is 0 Å². The first-order valence-corrected chi connectivity index (χ1v) is 5.89. The molecular formula is C12H18N4O. The molecule has 0 aromatic carbocycles. The molecule has 0 atom stereocenters. The van der Waals surface area contributed by atoms with Crippen molar-refractivity contribution in [2.24, 2.45) is 11.7 Å². The van der Waals surface area contributed by atoms with Crippen LogP contribution in [0.25, 0.3) is 0 Å². The number of anilines is 2. The second-order valence-corrected chi connectivity index (χ2v) is 4.31. The summed E-state index contributed by atoms with van der Waals surface area (Å²) in [7, 11) is 1.85. The van der Waals surface area contributed by atoms with Crippen molar-refractivity contribution in [2.45, 2.75) is 12.8 Å². The maximum atomic E-state index is 11.1. The molecule has 0 spiro atoms. The number of rotatable bonds is 3. The number of nitrogens with zero attached hydrogens (tertiary/aromatic N) is 2. The van der Waals surface area contributed by atoms with Crippen LogP contribution in [-0.2, 0) is 4.79 Å². The van der Waals surface area contributed by atoms with Gasteiger partial charge in [-0.05, 0) is 18.9 Å². The lowest BCUT2D eigenvalue weighted by atomic mass is 9.96. The summed E-state index contributed by atoms with van der Waals surface area (Å²) in [5.41, 5.74) is 6.47. The van der Waals surface area contributed by atoms with Gasteiger partial charge >= 0.3 is 0 Å². The minimum Gasteiger partial charge on any atom is -0.373 e. The average Bonchev–Trinajstić information content (AvgIpc) is 2.39. The monoisotopic (exact) mass is 234 g/mol. The van der Waals surface area contributed by atoms with Crippen LogP contribution in [0.2, 0.25) is 0 Å². The fourth-order valence-electron chi connectivity index (χ4n) is 2.18. The Morgan fingerprint density at radius 1 is 1.53 bits per heavy atom. The third-order valence-electron chi connectivity index (χ3n) is 3.26. The first-order valence-electron chi connectivity index (χ1n) is 5.89. The molecule has 1 fully saturated rings. The highest BCUT2D eigenvalue weighted by Crippen LogP contribution is 2.24. The molecule has 0 radical (unpaired) electrons. The minimum atomic E-state index is -0.171. The van der Waals surface area contributed by atoms with Crippen molar-refractivity contribution < 1.29 is 4.79 Å². The van der Waals surface area contributed by atoms with E-state index in [-0.39, 0.29) is 11.8 Å². The Kier molecular flexibility index (Phi) is 3.46. The summed E-state index contributed by atoms with van der Waals surface area (Å²) in [5.74, 6) is 0.728. The standard InChI is InChI=1S/C12H18N4O/c1-14-11-8-10(2-5-15-11)16-6-3-9(4-7-16)12(13)17/h2,5,8-9H,3-4,6-7H2,1H3,(H2,13,17)(H,14,15). The fourth-order valence-corrected chi connectivity index (χ4v) is 2.18. The summed E-state index contributed by atoms with van der Waals surface area (Å²) < 4.78 is 0. The van der Waals surface area contributed by atoms with E-state index in [2.05, 4.69) is 15.2 Å². The highest BCUT2D eigenvalue weighted by molar-refractivity contribution is 5.77. The number of hydrogen-bond acceptors (Lipinski definition) is 4. The molecule has 92 valence electrons. The Labute approximate surface area is 101 Å². The van der Waals surface area contributed by atoms with Crippen LogP contribution in [0.4, 0.5) is 11.5 Å². The van der Waals surface area contributed by atoms with E-state index >= 15 is 0 Å². The van der Waals surface area contributed by atoms with E-state index in [0.29, 0.717) is 0 Å². The second-order valence-electron chi connectivity index (χ2n) is 4.31. The van der Waals surface area contributed by atoms with Crippen LogP contribution in [0.1, 0.15) is 12.8 Å². The third kappa shape index (κ3) is 2.67. The molecular weight excluding hydrogens is 216 g/mol. The zero-order valence-corrected chi connectivity index (χ0v) is 10.0. The van der Waals surface area contributed by atoms with Crippen molar-refractivity contribution >= 4 is 17.4 Å². The molecule has 1 aromatic heterocycles. The average molecular weight is 234 g/mol. The molecule has 1 aliphatic rings. The van der Waals surface area contributed by atoms with Gasteiger partial charge in [-0.1, -0.05) is 0 Å². The number of nitrogens with one attached hydrogen (secondary N) is 1. The molecule has 0 aliphatic carbocycles. The molecule has 0 saturated carbocycles. The van der Waals surface area contributed by atoms with Crippen LogP contribution in [0.5, 0.6) is 0 Å². The zero-order chi connectivity index (χ0) is 12.3. The van der Waals surface area contributed by atoms with Gasteiger partial charge in [0.15, 0.2) is 0 Å². The lowest BCUT2D eigenvalue weighted by molar-refractivity contribution is -0.122. The summed E-state index contributed by atoms with van der Waals surface area (Å²) in [5, 5.41) is 3.02. The van der Waals surface area contributed by atoms with Crippen LogP contribution < -0.4 is 16.0 Å². The Balaban J connectivity index is 2.02. The largest absolute Gasteiger partial charge is 0.373 e. The summed E-state index contributed by atoms with van der Waals surface area (Å²) >= 11 is 0. The molecule has 0 unspecified atom stereocenters. The van der Waals surface area contributed by atoms with Crippen LogP contribution in [0.15, 0.2) is 18.3 Å². The van der Waals surface area contributed by atoms with Crippen LogP contribution >= 0.6 is 0 Å². The summed E-state index contributed by atoms with van der Waals surface area (Å²) in [6.07, 6.45) is 3.47. The van der Waals surface area contributed by atoms with E-state index in [0.717, 1.165) is 37.4 Å². The smallest absolute Gasteiger partial charge is 0.220 e. The number of aromatic nitrogens is 1. The van der Waals surface area contributed by atoms with Gasteiger partial charge in [0.2, 0.25) is 5.91 Å². The molecule has 0 bridgehead atoms. The van der Waals surface area contributed by atoms with Crippen molar-refractivity contribution in [1.29, 1.82) is 0 Å². The third-order valence-corrected chi connectivity index (χ3v) is 3.26. The predicted octanol–water partition coefficient (Wildman–Crippen LogP) is 0.825. The van der Waals surface area contributed by atoms with Gasteiger partial charge in [0, 0.05) is 44.0 Å². The van der Waals surface area contributed by atoms with Gasteiger partial charge in [-0.15, -0.1) is 0 Å². The molecule has 2 heterocycles. The number of piperidine rings is 1. The van der Waals surface area contributed by atoms with E-state index in [1.165, 1.54) is 0 Å². The normalized spacial score (nSPS) is 16.9. The van der Waals surface area contributed by atoms with Gasteiger partial charge < -0.3 is 16.0 Å². The van der Waals surface area contributed by atoms with E-state index in [9.17, 15) is 4.79 Å². The molecule has 5 heteroatoms. The minimum absolute atomic E-state index is 0.0388. The number of amides is 1. The second kappa shape index (κ2) is 5.03. The molecule has 5 nitrogen and oxygen atoms in total. The molecule has 17 heavy (non-hydrogen) atoms. The number of primary amides is 1. The zero-order valence-electron chi connectivity index (χ0n) is 10.0. The Morgan fingerprint density at radius 2 is 2.24 bits per heavy atom. The van der Waals surface area contributed by atoms with E-state index < -0.39 is 0 Å². The molecule has 3 N–H and O–H groups in total. The lowest BCUT2D eigenvalue weighted by Crippen LogP contribution is -2.38. The first-order chi connectivity index (χ1) is 8.20. The Hall–Kier alpha value is -1.78. The highest BCUT2D eigenvalue weighted by Gasteiger charge is 2.23. The van der Waals surface area contributed by atoms with Gasteiger partial charge in [0.25, 0.3) is 0 Å². The Morgan fingerprint density at radius 3 is 2.82 bits per heavy atom. The van der Waals surface area contributed by atoms with E-state index in [4.69, 9.17) is 5.73 Å².